The van der Waals surface area contributed by atoms with E-state index in [2.05, 4.69) is 10.6 Å². The Labute approximate surface area is 171 Å². The predicted octanol–water partition coefficient (Wildman–Crippen LogP) is 3.00. The summed E-state index contributed by atoms with van der Waals surface area (Å²) in [5.74, 6) is 0.421. The molecule has 0 bridgehead atoms. The first kappa shape index (κ1) is 20.7. The molecule has 1 unspecified atom stereocenters. The molecule has 0 aromatic heterocycles. The van der Waals surface area contributed by atoms with Gasteiger partial charge in [0.2, 0.25) is 5.91 Å². The van der Waals surface area contributed by atoms with Crippen LogP contribution in [0.3, 0.4) is 0 Å². The van der Waals surface area contributed by atoms with Crippen molar-refractivity contribution in [2.75, 3.05) is 44.5 Å². The molecule has 7 heteroatoms. The molecular formula is C22H27N3O4. The maximum Gasteiger partial charge on any atom is 0.253 e. The third kappa shape index (κ3) is 6.22. The third-order valence-electron chi connectivity index (χ3n) is 4.55. The summed E-state index contributed by atoms with van der Waals surface area (Å²) in [6, 6.07) is 14.4. The second-order valence-corrected chi connectivity index (χ2v) is 7.16. The van der Waals surface area contributed by atoms with E-state index >= 15 is 0 Å². The van der Waals surface area contributed by atoms with Gasteiger partial charge in [-0.25, -0.2) is 0 Å². The van der Waals surface area contributed by atoms with E-state index in [1.807, 2.05) is 24.3 Å². The van der Waals surface area contributed by atoms with Crippen molar-refractivity contribution in [3.8, 4) is 5.75 Å². The molecular weight excluding hydrogens is 370 g/mol. The van der Waals surface area contributed by atoms with Crippen LogP contribution in [-0.2, 0) is 9.53 Å². The Hall–Kier alpha value is -3.06. The predicted molar refractivity (Wildman–Crippen MR) is 112 cm³/mol. The van der Waals surface area contributed by atoms with E-state index in [0.717, 1.165) is 30.9 Å². The van der Waals surface area contributed by atoms with Gasteiger partial charge in [-0.1, -0.05) is 12.1 Å². The minimum absolute atomic E-state index is 0.0983. The molecule has 0 saturated carbocycles. The summed E-state index contributed by atoms with van der Waals surface area (Å²) in [6.45, 7) is 1.43. The number of anilines is 2. The zero-order valence-corrected chi connectivity index (χ0v) is 16.8. The molecule has 154 valence electrons. The highest BCUT2D eigenvalue weighted by molar-refractivity contribution is 5.97. The average Bonchev–Trinajstić information content (AvgIpc) is 3.24. The maximum absolute atomic E-state index is 12.3. The van der Waals surface area contributed by atoms with Crippen LogP contribution in [0.2, 0.25) is 0 Å². The number of hydrogen-bond acceptors (Lipinski definition) is 5. The highest BCUT2D eigenvalue weighted by atomic mass is 16.5. The molecule has 0 radical (unpaired) electrons. The van der Waals surface area contributed by atoms with Gasteiger partial charge in [-0.2, -0.15) is 0 Å². The summed E-state index contributed by atoms with van der Waals surface area (Å²) in [4.78, 5) is 25.8. The molecule has 1 aliphatic rings. The summed E-state index contributed by atoms with van der Waals surface area (Å²) in [5.41, 5.74) is 1.90. The smallest absolute Gasteiger partial charge is 0.253 e. The minimum atomic E-state index is -0.204. The molecule has 1 heterocycles. The number of nitrogens with one attached hydrogen (secondary N) is 2. The van der Waals surface area contributed by atoms with Crippen molar-refractivity contribution in [1.82, 2.24) is 4.90 Å². The van der Waals surface area contributed by atoms with Gasteiger partial charge in [0, 0.05) is 43.7 Å². The van der Waals surface area contributed by atoms with E-state index in [1.54, 1.807) is 38.4 Å². The van der Waals surface area contributed by atoms with Gasteiger partial charge >= 0.3 is 0 Å². The molecule has 3 rings (SSSR count). The van der Waals surface area contributed by atoms with Gasteiger partial charge in [0.05, 0.1) is 12.6 Å². The zero-order valence-electron chi connectivity index (χ0n) is 16.8. The first-order chi connectivity index (χ1) is 14.0. The molecule has 7 nitrogen and oxygen atoms in total. The zero-order chi connectivity index (χ0) is 20.6. The lowest BCUT2D eigenvalue weighted by Gasteiger charge is -2.13. The summed E-state index contributed by atoms with van der Waals surface area (Å²) in [5, 5.41) is 5.89. The highest BCUT2D eigenvalue weighted by Crippen LogP contribution is 2.20. The van der Waals surface area contributed by atoms with E-state index in [9.17, 15) is 9.59 Å². The number of carbonyl (C=O) groups is 2. The molecule has 0 spiro atoms. The number of nitrogens with zero attached hydrogens (tertiary/aromatic N) is 1. The van der Waals surface area contributed by atoms with Crippen LogP contribution in [-0.4, -0.2) is 56.7 Å². The van der Waals surface area contributed by atoms with Crippen molar-refractivity contribution in [3.05, 3.63) is 54.1 Å². The second-order valence-electron chi connectivity index (χ2n) is 7.16. The fraction of sp³-hybridized carbons (Fsp3) is 0.364. The van der Waals surface area contributed by atoms with Gasteiger partial charge in [-0.15, -0.1) is 0 Å². The molecule has 1 fully saturated rings. The van der Waals surface area contributed by atoms with Gasteiger partial charge in [0.25, 0.3) is 5.91 Å². The topological polar surface area (TPSA) is 79.9 Å². The molecule has 2 aromatic carbocycles. The Morgan fingerprint density at radius 2 is 1.93 bits per heavy atom. The van der Waals surface area contributed by atoms with Crippen LogP contribution < -0.4 is 15.4 Å². The van der Waals surface area contributed by atoms with E-state index in [-0.39, 0.29) is 24.5 Å². The molecule has 2 amide bonds. The number of ether oxygens (including phenoxy) is 2. The van der Waals surface area contributed by atoms with E-state index in [0.29, 0.717) is 17.9 Å². The Kier molecular flexibility index (Phi) is 7.08. The Morgan fingerprint density at radius 3 is 2.69 bits per heavy atom. The van der Waals surface area contributed by atoms with Crippen LogP contribution >= 0.6 is 0 Å². The van der Waals surface area contributed by atoms with Crippen molar-refractivity contribution >= 4 is 23.2 Å². The number of rotatable bonds is 8. The van der Waals surface area contributed by atoms with Crippen molar-refractivity contribution in [3.63, 3.8) is 0 Å². The summed E-state index contributed by atoms with van der Waals surface area (Å²) >= 11 is 0. The first-order valence-electron chi connectivity index (χ1n) is 9.71. The van der Waals surface area contributed by atoms with Crippen LogP contribution in [0, 0.1) is 0 Å². The normalized spacial score (nSPS) is 15.6. The number of hydrogen-bond donors (Lipinski definition) is 2. The Bertz CT molecular complexity index is 847. The first-order valence-corrected chi connectivity index (χ1v) is 9.71. The fourth-order valence-corrected chi connectivity index (χ4v) is 3.04. The summed E-state index contributed by atoms with van der Waals surface area (Å²) in [6.07, 6.45) is 2.27. The van der Waals surface area contributed by atoms with Crippen LogP contribution in [0.25, 0.3) is 0 Å². The molecule has 0 aliphatic carbocycles. The molecule has 29 heavy (non-hydrogen) atoms. The van der Waals surface area contributed by atoms with E-state index < -0.39 is 0 Å². The maximum atomic E-state index is 12.3. The van der Waals surface area contributed by atoms with Gasteiger partial charge in [-0.05, 0) is 43.2 Å². The van der Waals surface area contributed by atoms with Crippen LogP contribution in [0.5, 0.6) is 5.75 Å². The number of benzene rings is 2. The monoisotopic (exact) mass is 397 g/mol. The Morgan fingerprint density at radius 1 is 1.14 bits per heavy atom. The standard InChI is InChI=1S/C22H27N3O4/c1-25(2)22(27)16-6-3-8-18(12-16)24-21(26)14-23-17-7-4-9-19(13-17)29-15-20-10-5-11-28-20/h3-4,6-9,12-13,20,23H,5,10-11,14-15H2,1-2H3,(H,24,26). The lowest BCUT2D eigenvalue weighted by molar-refractivity contribution is -0.114. The number of carbonyl (C=O) groups excluding carboxylic acids is 2. The average molecular weight is 397 g/mol. The Balaban J connectivity index is 1.49. The van der Waals surface area contributed by atoms with Gasteiger partial charge in [0.15, 0.2) is 0 Å². The van der Waals surface area contributed by atoms with E-state index in [1.165, 1.54) is 4.90 Å². The summed E-state index contributed by atoms with van der Waals surface area (Å²) < 4.78 is 11.3. The van der Waals surface area contributed by atoms with Crippen molar-refractivity contribution < 1.29 is 19.1 Å². The van der Waals surface area contributed by atoms with Crippen LogP contribution in [0.4, 0.5) is 11.4 Å². The van der Waals surface area contributed by atoms with Crippen LogP contribution in [0.15, 0.2) is 48.5 Å². The van der Waals surface area contributed by atoms with Crippen LogP contribution in [0.1, 0.15) is 23.2 Å². The van der Waals surface area contributed by atoms with Gasteiger partial charge in [0.1, 0.15) is 12.4 Å². The SMILES string of the molecule is CN(C)C(=O)c1cccc(NC(=O)CNc2cccc(OCC3CCCO3)c2)c1. The molecule has 2 N–H and O–H groups in total. The summed E-state index contributed by atoms with van der Waals surface area (Å²) in [7, 11) is 3.38. The van der Waals surface area contributed by atoms with Crippen molar-refractivity contribution in [2.45, 2.75) is 18.9 Å². The highest BCUT2D eigenvalue weighted by Gasteiger charge is 2.16. The van der Waals surface area contributed by atoms with Gasteiger partial charge < -0.3 is 25.0 Å². The minimum Gasteiger partial charge on any atom is -0.491 e. The third-order valence-corrected chi connectivity index (χ3v) is 4.55. The quantitative estimate of drug-likeness (QED) is 0.716. The van der Waals surface area contributed by atoms with Gasteiger partial charge in [-0.3, -0.25) is 9.59 Å². The second kappa shape index (κ2) is 9.93. The molecule has 1 aliphatic heterocycles. The molecule has 1 atom stereocenters. The van der Waals surface area contributed by atoms with Crippen molar-refractivity contribution in [2.24, 2.45) is 0 Å². The molecule has 2 aromatic rings. The fourth-order valence-electron chi connectivity index (χ4n) is 3.04. The molecule has 1 saturated heterocycles. The lowest BCUT2D eigenvalue weighted by atomic mass is 10.2. The number of amides is 2. The van der Waals surface area contributed by atoms with E-state index in [4.69, 9.17) is 9.47 Å². The lowest BCUT2D eigenvalue weighted by Crippen LogP contribution is -2.23. The van der Waals surface area contributed by atoms with Crippen molar-refractivity contribution in [1.29, 1.82) is 0 Å². The largest absolute Gasteiger partial charge is 0.491 e.